The minimum atomic E-state index is -2.46. The summed E-state index contributed by atoms with van der Waals surface area (Å²) in [7, 11) is 0. The number of nitrogens with two attached hydrogens (primary N) is 1. The molecule has 2 aliphatic rings. The molecule has 0 spiro atoms. The summed E-state index contributed by atoms with van der Waals surface area (Å²) in [5.41, 5.74) is 0. The largest absolute Gasteiger partial charge is 0.269 e. The van der Waals surface area contributed by atoms with Gasteiger partial charge < -0.3 is 0 Å². The van der Waals surface area contributed by atoms with Gasteiger partial charge in [-0.1, -0.05) is 0 Å². The van der Waals surface area contributed by atoms with Gasteiger partial charge in [0.15, 0.2) is 0 Å². The summed E-state index contributed by atoms with van der Waals surface area (Å²) in [5.74, 6) is 2.72. The van der Waals surface area contributed by atoms with Crippen LogP contribution in [0.2, 0.25) is 0 Å². The number of rotatable bonds is 0. The van der Waals surface area contributed by atoms with Crippen molar-refractivity contribution in [2.24, 2.45) is 17.7 Å². The first-order valence-electron chi connectivity index (χ1n) is 4.47. The van der Waals surface area contributed by atoms with Crippen LogP contribution in [-0.4, -0.2) is 24.0 Å². The van der Waals surface area contributed by atoms with Crippen LogP contribution in [0, 0.1) is 11.8 Å². The summed E-state index contributed by atoms with van der Waals surface area (Å²) in [4.78, 5) is 0. The van der Waals surface area contributed by atoms with E-state index in [0.717, 1.165) is 6.42 Å². The van der Waals surface area contributed by atoms with Crippen LogP contribution < -0.4 is 5.84 Å². The minimum Gasteiger partial charge on any atom is -0.269 e. The van der Waals surface area contributed by atoms with Gasteiger partial charge in [-0.3, -0.25) is 5.84 Å². The fourth-order valence-electron chi connectivity index (χ4n) is 2.46. The Morgan fingerprint density at radius 3 is 2.75 bits per heavy atom. The summed E-state index contributed by atoms with van der Waals surface area (Å²) in [6, 6.07) is 0. The lowest BCUT2D eigenvalue weighted by Gasteiger charge is -2.32. The molecule has 0 amide bonds. The van der Waals surface area contributed by atoms with Crippen molar-refractivity contribution in [2.45, 2.75) is 25.2 Å². The van der Waals surface area contributed by atoms with E-state index >= 15 is 0 Å². The van der Waals surface area contributed by atoms with Gasteiger partial charge in [-0.05, 0) is 18.8 Å². The fraction of sp³-hybridized carbons (Fsp3) is 1.00. The van der Waals surface area contributed by atoms with E-state index in [9.17, 15) is 8.78 Å². The van der Waals surface area contributed by atoms with E-state index in [-0.39, 0.29) is 12.3 Å². The molecule has 0 unspecified atom stereocenters. The van der Waals surface area contributed by atoms with Crippen molar-refractivity contribution in [3.63, 3.8) is 0 Å². The van der Waals surface area contributed by atoms with Gasteiger partial charge in [-0.15, -0.1) is 0 Å². The van der Waals surface area contributed by atoms with Crippen molar-refractivity contribution in [3.05, 3.63) is 0 Å². The average molecular weight is 176 g/mol. The highest BCUT2D eigenvalue weighted by atomic mass is 19.3. The monoisotopic (exact) mass is 176 g/mol. The van der Waals surface area contributed by atoms with E-state index in [4.69, 9.17) is 5.84 Å². The molecule has 0 aromatic heterocycles. The lowest BCUT2D eigenvalue weighted by atomic mass is 9.79. The molecule has 2 N–H and O–H groups in total. The van der Waals surface area contributed by atoms with Crippen LogP contribution in [0.15, 0.2) is 0 Å². The molecule has 1 aliphatic carbocycles. The van der Waals surface area contributed by atoms with Crippen LogP contribution in [0.5, 0.6) is 0 Å². The first-order chi connectivity index (χ1) is 5.59. The van der Waals surface area contributed by atoms with E-state index < -0.39 is 11.8 Å². The first-order valence-corrected chi connectivity index (χ1v) is 4.47. The predicted molar refractivity (Wildman–Crippen MR) is 41.5 cm³/mol. The molecule has 1 saturated carbocycles. The summed E-state index contributed by atoms with van der Waals surface area (Å²) in [6.07, 6.45) is 1.64. The molecular formula is C8H14F2N2. The number of hydrazine groups is 1. The molecule has 70 valence electrons. The molecule has 2 rings (SSSR count). The van der Waals surface area contributed by atoms with Crippen LogP contribution in [0.3, 0.4) is 0 Å². The van der Waals surface area contributed by atoms with Crippen molar-refractivity contribution >= 4 is 0 Å². The van der Waals surface area contributed by atoms with Gasteiger partial charge in [0.05, 0.1) is 0 Å². The number of fused-ring (bicyclic) bond motifs is 1. The lowest BCUT2D eigenvalue weighted by Crippen LogP contribution is -2.38. The highest BCUT2D eigenvalue weighted by Gasteiger charge is 2.50. The highest BCUT2D eigenvalue weighted by molar-refractivity contribution is 4.94. The molecule has 2 nitrogen and oxygen atoms in total. The molecule has 0 bridgehead atoms. The Balaban J connectivity index is 2.13. The van der Waals surface area contributed by atoms with E-state index in [2.05, 4.69) is 0 Å². The van der Waals surface area contributed by atoms with E-state index in [1.807, 2.05) is 0 Å². The quantitative estimate of drug-likeness (QED) is 0.562. The second-order valence-corrected chi connectivity index (χ2v) is 3.97. The number of alkyl halides is 2. The Morgan fingerprint density at radius 1 is 1.33 bits per heavy atom. The van der Waals surface area contributed by atoms with Crippen LogP contribution in [0.1, 0.15) is 19.3 Å². The average Bonchev–Trinajstić information content (AvgIpc) is 2.30. The van der Waals surface area contributed by atoms with Gasteiger partial charge in [-0.2, -0.15) is 0 Å². The highest BCUT2D eigenvalue weighted by Crippen LogP contribution is 2.44. The normalized spacial score (nSPS) is 41.2. The second kappa shape index (κ2) is 2.64. The second-order valence-electron chi connectivity index (χ2n) is 3.97. The van der Waals surface area contributed by atoms with Gasteiger partial charge >= 0.3 is 0 Å². The number of halogens is 2. The summed E-state index contributed by atoms with van der Waals surface area (Å²) in [6.45, 7) is 1.03. The third-order valence-corrected chi connectivity index (χ3v) is 3.10. The number of hydrogen-bond donors (Lipinski definition) is 1. The molecule has 0 aromatic carbocycles. The maximum absolute atomic E-state index is 13.3. The summed E-state index contributed by atoms with van der Waals surface area (Å²) >= 11 is 0. The molecule has 2 atom stereocenters. The Kier molecular flexibility index (Phi) is 1.84. The van der Waals surface area contributed by atoms with Crippen LogP contribution in [0.25, 0.3) is 0 Å². The van der Waals surface area contributed by atoms with Gasteiger partial charge in [0, 0.05) is 25.4 Å². The smallest absolute Gasteiger partial charge is 0.252 e. The zero-order valence-electron chi connectivity index (χ0n) is 6.97. The Bertz CT molecular complexity index is 184. The molecule has 0 aromatic rings. The van der Waals surface area contributed by atoms with Crippen molar-refractivity contribution in [1.82, 2.24) is 5.01 Å². The van der Waals surface area contributed by atoms with Crippen molar-refractivity contribution in [3.8, 4) is 0 Å². The number of nitrogens with zero attached hydrogens (tertiary/aromatic N) is 1. The van der Waals surface area contributed by atoms with Gasteiger partial charge in [0.1, 0.15) is 0 Å². The zero-order chi connectivity index (χ0) is 8.77. The lowest BCUT2D eigenvalue weighted by molar-refractivity contribution is -0.0945. The molecule has 1 heterocycles. The fourth-order valence-corrected chi connectivity index (χ4v) is 2.46. The maximum atomic E-state index is 13.3. The van der Waals surface area contributed by atoms with Crippen LogP contribution in [-0.2, 0) is 0 Å². The topological polar surface area (TPSA) is 29.3 Å². The van der Waals surface area contributed by atoms with Crippen molar-refractivity contribution in [2.75, 3.05) is 13.1 Å². The maximum Gasteiger partial charge on any atom is 0.252 e. The summed E-state index contributed by atoms with van der Waals surface area (Å²) in [5, 5.41) is 1.54. The molecular weight excluding hydrogens is 162 g/mol. The Hall–Kier alpha value is -0.220. The molecule has 2 fully saturated rings. The minimum absolute atomic E-state index is 0.0575. The molecule has 0 radical (unpaired) electrons. The third-order valence-electron chi connectivity index (χ3n) is 3.10. The molecule has 1 aliphatic heterocycles. The van der Waals surface area contributed by atoms with E-state index in [0.29, 0.717) is 19.5 Å². The third kappa shape index (κ3) is 1.23. The van der Waals surface area contributed by atoms with Crippen molar-refractivity contribution < 1.29 is 8.78 Å². The predicted octanol–water partition coefficient (Wildman–Crippen LogP) is 1.23. The number of hydrogen-bond acceptors (Lipinski definition) is 2. The van der Waals surface area contributed by atoms with Gasteiger partial charge in [-0.25, -0.2) is 13.8 Å². The molecule has 1 saturated heterocycles. The first kappa shape index (κ1) is 8.38. The van der Waals surface area contributed by atoms with E-state index in [1.54, 1.807) is 0 Å². The van der Waals surface area contributed by atoms with E-state index in [1.165, 1.54) is 5.01 Å². The Labute approximate surface area is 70.7 Å². The Morgan fingerprint density at radius 2 is 2.08 bits per heavy atom. The zero-order valence-corrected chi connectivity index (χ0v) is 6.97. The molecule has 4 heteroatoms. The van der Waals surface area contributed by atoms with Crippen molar-refractivity contribution in [1.29, 1.82) is 0 Å². The standard InChI is InChI=1S/C8H14F2N2/c9-8(10)3-1-2-6-4-12(11)5-7(6)8/h6-7H,1-5,11H2/t6-,7+/m0/s1. The van der Waals surface area contributed by atoms with Gasteiger partial charge in [0.2, 0.25) is 0 Å². The summed E-state index contributed by atoms with van der Waals surface area (Å²) < 4.78 is 26.5. The SMILES string of the molecule is NN1C[C@@H]2CCCC(F)(F)[C@@H]2C1. The van der Waals surface area contributed by atoms with Crippen LogP contribution >= 0.6 is 0 Å². The van der Waals surface area contributed by atoms with Crippen LogP contribution in [0.4, 0.5) is 8.78 Å². The van der Waals surface area contributed by atoms with Gasteiger partial charge in [0.25, 0.3) is 5.92 Å². The molecule has 12 heavy (non-hydrogen) atoms.